The van der Waals surface area contributed by atoms with Gasteiger partial charge in [0.25, 0.3) is 0 Å². The van der Waals surface area contributed by atoms with Gasteiger partial charge in [0.1, 0.15) is 5.82 Å². The predicted molar refractivity (Wildman–Crippen MR) is 70.9 cm³/mol. The first-order valence-corrected chi connectivity index (χ1v) is 6.99. The van der Waals surface area contributed by atoms with E-state index < -0.39 is 23.5 Å². The molecule has 0 amide bonds. The number of benzene rings is 1. The Labute approximate surface area is 125 Å². The third kappa shape index (κ3) is 5.91. The van der Waals surface area contributed by atoms with Gasteiger partial charge < -0.3 is 4.74 Å². The van der Waals surface area contributed by atoms with Gasteiger partial charge in [-0.15, -0.1) is 11.6 Å². The van der Waals surface area contributed by atoms with Crippen LogP contribution in [0.1, 0.15) is 41.6 Å². The maximum Gasteiger partial charge on any atom is 0.419 e. The molecule has 0 bridgehead atoms. The van der Waals surface area contributed by atoms with E-state index >= 15 is 0 Å². The number of ether oxygens (including phenoxy) is 1. The van der Waals surface area contributed by atoms with E-state index in [1.807, 2.05) is 0 Å². The molecule has 0 aliphatic carbocycles. The lowest BCUT2D eigenvalue weighted by molar-refractivity contribution is -0.140. The smallest absolute Gasteiger partial charge is 0.419 e. The number of esters is 1. The SMILES string of the molecule is O=C(OCCCCCCCl)c1ccc(C(F)(F)F)c(F)c1. The third-order valence-electron chi connectivity index (χ3n) is 2.77. The topological polar surface area (TPSA) is 26.3 Å². The van der Waals surface area contributed by atoms with Crippen LogP contribution in [0.4, 0.5) is 17.6 Å². The van der Waals surface area contributed by atoms with Crippen molar-refractivity contribution < 1.29 is 27.1 Å². The van der Waals surface area contributed by atoms with Crippen molar-refractivity contribution in [3.8, 4) is 0 Å². The molecule has 0 saturated carbocycles. The predicted octanol–water partition coefficient (Wildman–Crippen LogP) is 4.80. The number of halogens is 5. The Balaban J connectivity index is 2.50. The highest BCUT2D eigenvalue weighted by atomic mass is 35.5. The Bertz CT molecular complexity index is 475. The van der Waals surface area contributed by atoms with Crippen LogP contribution < -0.4 is 0 Å². The van der Waals surface area contributed by atoms with E-state index in [0.29, 0.717) is 24.4 Å². The maximum absolute atomic E-state index is 13.3. The third-order valence-corrected chi connectivity index (χ3v) is 3.04. The van der Waals surface area contributed by atoms with Gasteiger partial charge in [0.2, 0.25) is 0 Å². The van der Waals surface area contributed by atoms with Crippen LogP contribution in [-0.2, 0) is 10.9 Å². The number of carbonyl (C=O) groups is 1. The lowest BCUT2D eigenvalue weighted by Gasteiger charge is -2.09. The highest BCUT2D eigenvalue weighted by molar-refractivity contribution is 6.17. The fourth-order valence-electron chi connectivity index (χ4n) is 1.67. The van der Waals surface area contributed by atoms with Crippen LogP contribution in [0.5, 0.6) is 0 Å². The molecular formula is C14H15ClF4O2. The summed E-state index contributed by atoms with van der Waals surface area (Å²) in [6.07, 6.45) is -1.53. The first-order chi connectivity index (χ1) is 9.86. The van der Waals surface area contributed by atoms with E-state index in [0.717, 1.165) is 25.3 Å². The summed E-state index contributed by atoms with van der Waals surface area (Å²) in [4.78, 5) is 11.6. The second kappa shape index (κ2) is 8.22. The fourth-order valence-corrected chi connectivity index (χ4v) is 1.86. The zero-order valence-corrected chi connectivity index (χ0v) is 11.9. The van der Waals surface area contributed by atoms with Crippen LogP contribution >= 0.6 is 11.6 Å². The van der Waals surface area contributed by atoms with Crippen molar-refractivity contribution >= 4 is 17.6 Å². The zero-order chi connectivity index (χ0) is 15.9. The van der Waals surface area contributed by atoms with E-state index in [9.17, 15) is 22.4 Å². The van der Waals surface area contributed by atoms with Crippen molar-refractivity contribution in [2.24, 2.45) is 0 Å². The normalized spacial score (nSPS) is 11.5. The van der Waals surface area contributed by atoms with E-state index in [1.54, 1.807) is 0 Å². The Morgan fingerprint density at radius 1 is 1.14 bits per heavy atom. The van der Waals surface area contributed by atoms with Crippen LogP contribution in [0.2, 0.25) is 0 Å². The number of carbonyl (C=O) groups excluding carboxylic acids is 1. The van der Waals surface area contributed by atoms with Crippen LogP contribution in [0.15, 0.2) is 18.2 Å². The quantitative estimate of drug-likeness (QED) is 0.311. The van der Waals surface area contributed by atoms with Gasteiger partial charge in [-0.05, 0) is 31.0 Å². The summed E-state index contributed by atoms with van der Waals surface area (Å²) in [6.45, 7) is 0.143. The minimum atomic E-state index is -4.78. The van der Waals surface area contributed by atoms with Crippen molar-refractivity contribution in [2.75, 3.05) is 12.5 Å². The Morgan fingerprint density at radius 3 is 2.38 bits per heavy atom. The highest BCUT2D eigenvalue weighted by Crippen LogP contribution is 2.31. The van der Waals surface area contributed by atoms with E-state index in [1.165, 1.54) is 0 Å². The fraction of sp³-hybridized carbons (Fsp3) is 0.500. The van der Waals surface area contributed by atoms with Crippen LogP contribution in [0.25, 0.3) is 0 Å². The Morgan fingerprint density at radius 2 is 1.81 bits per heavy atom. The lowest BCUT2D eigenvalue weighted by Crippen LogP contribution is -2.11. The van der Waals surface area contributed by atoms with Gasteiger partial charge in [0.15, 0.2) is 0 Å². The summed E-state index contributed by atoms with van der Waals surface area (Å²) in [6, 6.07) is 1.98. The van der Waals surface area contributed by atoms with Crippen molar-refractivity contribution in [2.45, 2.75) is 31.9 Å². The molecule has 0 aliphatic rings. The summed E-state index contributed by atoms with van der Waals surface area (Å²) < 4.78 is 55.3. The van der Waals surface area contributed by atoms with Crippen LogP contribution in [0, 0.1) is 5.82 Å². The second-order valence-corrected chi connectivity index (χ2v) is 4.81. The van der Waals surface area contributed by atoms with Crippen LogP contribution in [-0.4, -0.2) is 18.5 Å². The molecule has 0 N–H and O–H groups in total. The first-order valence-electron chi connectivity index (χ1n) is 6.46. The molecule has 0 spiro atoms. The molecular weight excluding hydrogens is 312 g/mol. The Kier molecular flexibility index (Phi) is 6.95. The summed E-state index contributed by atoms with van der Waals surface area (Å²) in [5, 5.41) is 0. The molecule has 1 aromatic carbocycles. The molecule has 0 radical (unpaired) electrons. The Hall–Kier alpha value is -1.30. The van der Waals surface area contributed by atoms with Crippen molar-refractivity contribution in [1.29, 1.82) is 0 Å². The standard InChI is InChI=1S/C14H15ClF4O2/c15-7-3-1-2-4-8-21-13(20)10-5-6-11(12(16)9-10)14(17,18)19/h5-6,9H,1-4,7-8H2. The summed E-state index contributed by atoms with van der Waals surface area (Å²) in [5.41, 5.74) is -1.64. The second-order valence-electron chi connectivity index (χ2n) is 4.43. The van der Waals surface area contributed by atoms with Gasteiger partial charge in [-0.25, -0.2) is 9.18 Å². The van der Waals surface area contributed by atoms with Gasteiger partial charge in [0, 0.05) is 5.88 Å². The molecule has 0 heterocycles. The molecule has 1 aromatic rings. The minimum Gasteiger partial charge on any atom is -0.462 e. The van der Waals surface area contributed by atoms with Gasteiger partial charge in [-0.3, -0.25) is 0 Å². The number of hydrogen-bond donors (Lipinski definition) is 0. The summed E-state index contributed by atoms with van der Waals surface area (Å²) in [7, 11) is 0. The molecule has 0 atom stereocenters. The monoisotopic (exact) mass is 326 g/mol. The molecule has 0 aromatic heterocycles. The molecule has 1 rings (SSSR count). The summed E-state index contributed by atoms with van der Waals surface area (Å²) in [5.74, 6) is -1.75. The zero-order valence-electron chi connectivity index (χ0n) is 11.2. The molecule has 21 heavy (non-hydrogen) atoms. The molecule has 7 heteroatoms. The minimum absolute atomic E-state index is 0.143. The number of hydrogen-bond acceptors (Lipinski definition) is 2. The van der Waals surface area contributed by atoms with Gasteiger partial charge >= 0.3 is 12.1 Å². The average Bonchev–Trinajstić information content (AvgIpc) is 2.41. The molecule has 0 saturated heterocycles. The molecule has 0 fully saturated rings. The van der Waals surface area contributed by atoms with Crippen molar-refractivity contribution in [1.82, 2.24) is 0 Å². The van der Waals surface area contributed by atoms with E-state index in [4.69, 9.17) is 16.3 Å². The van der Waals surface area contributed by atoms with Crippen molar-refractivity contribution in [3.05, 3.63) is 35.1 Å². The highest BCUT2D eigenvalue weighted by Gasteiger charge is 2.34. The van der Waals surface area contributed by atoms with Crippen LogP contribution in [0.3, 0.4) is 0 Å². The van der Waals surface area contributed by atoms with E-state index in [-0.39, 0.29) is 12.2 Å². The molecule has 2 nitrogen and oxygen atoms in total. The first kappa shape index (κ1) is 17.8. The van der Waals surface area contributed by atoms with Crippen molar-refractivity contribution in [3.63, 3.8) is 0 Å². The molecule has 118 valence electrons. The van der Waals surface area contributed by atoms with Gasteiger partial charge in [-0.2, -0.15) is 13.2 Å². The largest absolute Gasteiger partial charge is 0.462 e. The molecule has 0 unspecified atom stereocenters. The van der Waals surface area contributed by atoms with Gasteiger partial charge in [0.05, 0.1) is 17.7 Å². The summed E-state index contributed by atoms with van der Waals surface area (Å²) >= 11 is 5.50. The number of alkyl halides is 4. The lowest BCUT2D eigenvalue weighted by atomic mass is 10.1. The average molecular weight is 327 g/mol. The number of rotatable bonds is 7. The number of unbranched alkanes of at least 4 members (excludes halogenated alkanes) is 3. The molecule has 0 aliphatic heterocycles. The maximum atomic E-state index is 13.3. The van der Waals surface area contributed by atoms with E-state index in [2.05, 4.69) is 0 Å². The van der Waals surface area contributed by atoms with Gasteiger partial charge in [-0.1, -0.05) is 12.8 Å².